The molecule has 0 radical (unpaired) electrons. The lowest BCUT2D eigenvalue weighted by molar-refractivity contribution is 0.0698. The van der Waals surface area contributed by atoms with Gasteiger partial charge in [-0.1, -0.05) is 19.9 Å². The molecule has 0 bridgehead atoms. The highest BCUT2D eigenvalue weighted by atomic mass is 16.4. The zero-order valence-electron chi connectivity index (χ0n) is 11.3. The lowest BCUT2D eigenvalue weighted by Crippen LogP contribution is -2.19. The first-order valence-corrected chi connectivity index (χ1v) is 6.48. The van der Waals surface area contributed by atoms with Crippen molar-refractivity contribution in [3.8, 4) is 0 Å². The van der Waals surface area contributed by atoms with E-state index < -0.39 is 5.97 Å². The number of rotatable bonds is 3. The summed E-state index contributed by atoms with van der Waals surface area (Å²) in [5, 5.41) is 12.6. The van der Waals surface area contributed by atoms with Crippen LogP contribution in [-0.2, 0) is 0 Å². The summed E-state index contributed by atoms with van der Waals surface area (Å²) in [5.74, 6) is -0.866. The standard InChI is InChI=1S/C15H21NO2/c1-10-4-5-12(14(17)18)13(8-10)16-11-6-7-15(2,3)9-11/h4-5,8,11,16H,6-7,9H2,1-3H3,(H,17,18). The summed E-state index contributed by atoms with van der Waals surface area (Å²) in [7, 11) is 0. The van der Waals surface area contributed by atoms with Crippen molar-refractivity contribution in [1.29, 1.82) is 0 Å². The maximum atomic E-state index is 11.2. The second-order valence-electron chi connectivity index (χ2n) is 6.10. The highest BCUT2D eigenvalue weighted by Crippen LogP contribution is 2.38. The summed E-state index contributed by atoms with van der Waals surface area (Å²) in [6.45, 7) is 6.52. The summed E-state index contributed by atoms with van der Waals surface area (Å²) in [6.07, 6.45) is 3.40. The first-order valence-electron chi connectivity index (χ1n) is 6.48. The molecule has 0 saturated heterocycles. The molecule has 1 atom stereocenters. The number of hydrogen-bond acceptors (Lipinski definition) is 2. The van der Waals surface area contributed by atoms with Crippen molar-refractivity contribution in [3.05, 3.63) is 29.3 Å². The number of aryl methyl sites for hydroxylation is 1. The van der Waals surface area contributed by atoms with Gasteiger partial charge in [0.2, 0.25) is 0 Å². The number of aromatic carboxylic acids is 1. The van der Waals surface area contributed by atoms with E-state index in [4.69, 9.17) is 0 Å². The van der Waals surface area contributed by atoms with Crippen molar-refractivity contribution in [2.75, 3.05) is 5.32 Å². The number of benzene rings is 1. The van der Waals surface area contributed by atoms with E-state index in [9.17, 15) is 9.90 Å². The molecule has 0 amide bonds. The Kier molecular flexibility index (Phi) is 3.33. The smallest absolute Gasteiger partial charge is 0.337 e. The minimum absolute atomic E-state index is 0.366. The van der Waals surface area contributed by atoms with Crippen molar-refractivity contribution in [1.82, 2.24) is 0 Å². The van der Waals surface area contributed by atoms with Crippen LogP contribution in [0.2, 0.25) is 0 Å². The third kappa shape index (κ3) is 2.84. The summed E-state index contributed by atoms with van der Waals surface area (Å²) < 4.78 is 0. The zero-order valence-corrected chi connectivity index (χ0v) is 11.3. The van der Waals surface area contributed by atoms with Crippen LogP contribution < -0.4 is 5.32 Å². The first-order chi connectivity index (χ1) is 8.37. The molecule has 1 aromatic carbocycles. The number of carboxylic acids is 1. The normalized spacial score (nSPS) is 21.8. The van der Waals surface area contributed by atoms with E-state index in [1.807, 2.05) is 19.1 Å². The zero-order chi connectivity index (χ0) is 13.3. The second kappa shape index (κ2) is 4.63. The van der Waals surface area contributed by atoms with Gasteiger partial charge < -0.3 is 10.4 Å². The van der Waals surface area contributed by atoms with Crippen LogP contribution >= 0.6 is 0 Å². The number of hydrogen-bond donors (Lipinski definition) is 2. The predicted octanol–water partition coefficient (Wildman–Crippen LogP) is 3.68. The van der Waals surface area contributed by atoms with Crippen molar-refractivity contribution < 1.29 is 9.90 Å². The molecule has 0 spiro atoms. The molecule has 0 aliphatic heterocycles. The fraction of sp³-hybridized carbons (Fsp3) is 0.533. The quantitative estimate of drug-likeness (QED) is 0.856. The van der Waals surface area contributed by atoms with Gasteiger partial charge in [0.1, 0.15) is 0 Å². The minimum atomic E-state index is -0.866. The first kappa shape index (κ1) is 12.9. The Morgan fingerprint density at radius 1 is 1.44 bits per heavy atom. The SMILES string of the molecule is Cc1ccc(C(=O)O)c(NC2CCC(C)(C)C2)c1. The van der Waals surface area contributed by atoms with E-state index in [1.54, 1.807) is 6.07 Å². The molecule has 2 rings (SSSR count). The van der Waals surface area contributed by atoms with E-state index >= 15 is 0 Å². The fourth-order valence-electron chi connectivity index (χ4n) is 2.74. The van der Waals surface area contributed by atoms with Gasteiger partial charge in [-0.05, 0) is 49.3 Å². The average Bonchev–Trinajstić information content (AvgIpc) is 2.57. The number of nitrogens with one attached hydrogen (secondary N) is 1. The molecule has 1 fully saturated rings. The Morgan fingerprint density at radius 2 is 2.17 bits per heavy atom. The highest BCUT2D eigenvalue weighted by molar-refractivity contribution is 5.94. The summed E-state index contributed by atoms with van der Waals surface area (Å²) in [6, 6.07) is 5.84. The highest BCUT2D eigenvalue weighted by Gasteiger charge is 2.31. The Bertz CT molecular complexity index is 466. The van der Waals surface area contributed by atoms with E-state index in [-0.39, 0.29) is 0 Å². The summed E-state index contributed by atoms with van der Waals surface area (Å²) >= 11 is 0. The van der Waals surface area contributed by atoms with Crippen LogP contribution in [0, 0.1) is 12.3 Å². The van der Waals surface area contributed by atoms with Gasteiger partial charge in [0.05, 0.1) is 5.56 Å². The number of carbonyl (C=O) groups is 1. The summed E-state index contributed by atoms with van der Waals surface area (Å²) in [5.41, 5.74) is 2.57. The fourth-order valence-corrected chi connectivity index (χ4v) is 2.74. The second-order valence-corrected chi connectivity index (χ2v) is 6.10. The van der Waals surface area contributed by atoms with Crippen LogP contribution in [0.3, 0.4) is 0 Å². The van der Waals surface area contributed by atoms with Gasteiger partial charge in [0.15, 0.2) is 0 Å². The molecule has 1 aliphatic carbocycles. The molecule has 1 unspecified atom stereocenters. The number of carboxylic acid groups (broad SMARTS) is 1. The Balaban J connectivity index is 2.18. The largest absolute Gasteiger partial charge is 0.478 e. The van der Waals surface area contributed by atoms with Gasteiger partial charge in [-0.2, -0.15) is 0 Å². The topological polar surface area (TPSA) is 49.3 Å². The maximum Gasteiger partial charge on any atom is 0.337 e. The van der Waals surface area contributed by atoms with E-state index in [0.29, 0.717) is 17.0 Å². The monoisotopic (exact) mass is 247 g/mol. The molecule has 18 heavy (non-hydrogen) atoms. The van der Waals surface area contributed by atoms with Gasteiger partial charge in [-0.3, -0.25) is 0 Å². The molecule has 3 nitrogen and oxygen atoms in total. The van der Waals surface area contributed by atoms with Gasteiger partial charge in [0, 0.05) is 11.7 Å². The minimum Gasteiger partial charge on any atom is -0.478 e. The Morgan fingerprint density at radius 3 is 2.72 bits per heavy atom. The molecule has 1 aromatic rings. The Hall–Kier alpha value is -1.51. The van der Waals surface area contributed by atoms with Crippen LogP contribution in [0.5, 0.6) is 0 Å². The third-order valence-electron chi connectivity index (χ3n) is 3.73. The molecular formula is C15H21NO2. The third-order valence-corrected chi connectivity index (χ3v) is 3.73. The maximum absolute atomic E-state index is 11.2. The van der Waals surface area contributed by atoms with E-state index in [0.717, 1.165) is 24.1 Å². The Labute approximate surface area is 108 Å². The average molecular weight is 247 g/mol. The van der Waals surface area contributed by atoms with Gasteiger partial charge in [0.25, 0.3) is 0 Å². The molecule has 0 heterocycles. The molecule has 1 saturated carbocycles. The van der Waals surface area contributed by atoms with Crippen molar-refractivity contribution in [2.24, 2.45) is 5.41 Å². The van der Waals surface area contributed by atoms with Crippen LogP contribution in [0.15, 0.2) is 18.2 Å². The van der Waals surface area contributed by atoms with Crippen molar-refractivity contribution >= 4 is 11.7 Å². The van der Waals surface area contributed by atoms with Crippen LogP contribution in [-0.4, -0.2) is 17.1 Å². The van der Waals surface area contributed by atoms with Gasteiger partial charge >= 0.3 is 5.97 Å². The van der Waals surface area contributed by atoms with Crippen molar-refractivity contribution in [3.63, 3.8) is 0 Å². The molecule has 3 heteroatoms. The van der Waals surface area contributed by atoms with Crippen LogP contribution in [0.1, 0.15) is 49.0 Å². The summed E-state index contributed by atoms with van der Waals surface area (Å²) in [4.78, 5) is 11.2. The molecular weight excluding hydrogens is 226 g/mol. The molecule has 2 N–H and O–H groups in total. The van der Waals surface area contributed by atoms with Crippen LogP contribution in [0.25, 0.3) is 0 Å². The van der Waals surface area contributed by atoms with Crippen molar-refractivity contribution in [2.45, 2.75) is 46.1 Å². The number of anilines is 1. The van der Waals surface area contributed by atoms with Crippen LogP contribution in [0.4, 0.5) is 5.69 Å². The van der Waals surface area contributed by atoms with E-state index in [2.05, 4.69) is 19.2 Å². The molecule has 98 valence electrons. The van der Waals surface area contributed by atoms with Gasteiger partial charge in [-0.25, -0.2) is 4.79 Å². The van der Waals surface area contributed by atoms with Gasteiger partial charge in [-0.15, -0.1) is 0 Å². The lowest BCUT2D eigenvalue weighted by Gasteiger charge is -2.19. The molecule has 1 aliphatic rings. The van der Waals surface area contributed by atoms with E-state index in [1.165, 1.54) is 6.42 Å². The predicted molar refractivity (Wildman–Crippen MR) is 73.2 cm³/mol. The molecule has 0 aromatic heterocycles. The lowest BCUT2D eigenvalue weighted by atomic mass is 9.92.